The van der Waals surface area contributed by atoms with Crippen LogP contribution in [0.25, 0.3) is 5.76 Å². The zero-order chi connectivity index (χ0) is 14.7. The highest BCUT2D eigenvalue weighted by Crippen LogP contribution is 2.30. The minimum Gasteiger partial charge on any atom is -0.493 e. The van der Waals surface area contributed by atoms with Crippen LogP contribution in [0.2, 0.25) is 0 Å². The van der Waals surface area contributed by atoms with Gasteiger partial charge in [0.25, 0.3) is 0 Å². The Labute approximate surface area is 117 Å². The number of nitrogens with one attached hydrogen (secondary N) is 1. The summed E-state index contributed by atoms with van der Waals surface area (Å²) >= 11 is 0. The van der Waals surface area contributed by atoms with E-state index in [4.69, 9.17) is 9.47 Å². The molecule has 1 N–H and O–H groups in total. The van der Waals surface area contributed by atoms with Crippen LogP contribution in [0.4, 0.5) is 5.69 Å². The van der Waals surface area contributed by atoms with E-state index in [-0.39, 0.29) is 5.91 Å². The Balaban J connectivity index is 2.51. The van der Waals surface area contributed by atoms with E-state index in [1.807, 2.05) is 13.0 Å². The molecule has 0 spiro atoms. The molecule has 0 fully saturated rings. The van der Waals surface area contributed by atoms with Gasteiger partial charge in [-0.1, -0.05) is 0 Å². The van der Waals surface area contributed by atoms with Crippen molar-refractivity contribution in [1.29, 1.82) is 0 Å². The van der Waals surface area contributed by atoms with Gasteiger partial charge in [0.05, 0.1) is 25.0 Å². The number of methoxy groups -OCH3 is 1. The average molecular weight is 275 g/mol. The van der Waals surface area contributed by atoms with Crippen LogP contribution in [0.5, 0.6) is 0 Å². The molecule has 1 aliphatic heterocycles. The van der Waals surface area contributed by atoms with Gasteiger partial charge in [0.15, 0.2) is 0 Å². The van der Waals surface area contributed by atoms with E-state index in [1.165, 1.54) is 14.0 Å². The molecular formula is C15H17NO4. The molecule has 5 heteroatoms. The zero-order valence-corrected chi connectivity index (χ0v) is 11.8. The van der Waals surface area contributed by atoms with Crippen LogP contribution < -0.4 is 5.32 Å². The maximum absolute atomic E-state index is 11.9. The first-order chi connectivity index (χ1) is 9.52. The van der Waals surface area contributed by atoms with Gasteiger partial charge in [-0.3, -0.25) is 4.79 Å². The molecule has 0 aliphatic carbocycles. The van der Waals surface area contributed by atoms with Crippen LogP contribution in [-0.4, -0.2) is 25.6 Å². The fraction of sp³-hybridized carbons (Fsp3) is 0.333. The predicted molar refractivity (Wildman–Crippen MR) is 75.4 cm³/mol. The third-order valence-electron chi connectivity index (χ3n) is 3.05. The Hall–Kier alpha value is -2.30. The largest absolute Gasteiger partial charge is 0.493 e. The summed E-state index contributed by atoms with van der Waals surface area (Å²) in [5.41, 5.74) is 2.54. The average Bonchev–Trinajstić information content (AvgIpc) is 2.91. The summed E-state index contributed by atoms with van der Waals surface area (Å²) in [5, 5.41) is 2.65. The topological polar surface area (TPSA) is 64.6 Å². The molecule has 0 saturated heterocycles. The van der Waals surface area contributed by atoms with Crippen molar-refractivity contribution in [3.63, 3.8) is 0 Å². The molecule has 1 heterocycles. The van der Waals surface area contributed by atoms with Crippen molar-refractivity contribution >= 4 is 23.3 Å². The minimum absolute atomic E-state index is 0.237. The summed E-state index contributed by atoms with van der Waals surface area (Å²) in [6.45, 7) is 3.95. The van der Waals surface area contributed by atoms with Gasteiger partial charge in [0, 0.05) is 18.9 Å². The van der Waals surface area contributed by atoms with Crippen LogP contribution in [0, 0.1) is 6.92 Å². The number of benzene rings is 1. The Bertz CT molecular complexity index is 590. The summed E-state index contributed by atoms with van der Waals surface area (Å²) in [5.74, 6) is 0.0364. The van der Waals surface area contributed by atoms with E-state index < -0.39 is 5.97 Å². The molecule has 2 rings (SSSR count). The number of carbonyl (C=O) groups excluding carboxylic acids is 2. The first kappa shape index (κ1) is 14.1. The number of ether oxygens (including phenoxy) is 2. The smallest absolute Gasteiger partial charge is 0.339 e. The van der Waals surface area contributed by atoms with Gasteiger partial charge in [0.2, 0.25) is 5.91 Å². The summed E-state index contributed by atoms with van der Waals surface area (Å²) in [6.07, 6.45) is 2.84. The van der Waals surface area contributed by atoms with Crippen molar-refractivity contribution in [2.45, 2.75) is 20.3 Å². The quantitative estimate of drug-likeness (QED) is 0.861. The van der Waals surface area contributed by atoms with E-state index in [2.05, 4.69) is 5.32 Å². The number of amides is 1. The summed E-state index contributed by atoms with van der Waals surface area (Å²) in [4.78, 5) is 23.1. The molecule has 1 aromatic carbocycles. The monoisotopic (exact) mass is 275 g/mol. The lowest BCUT2D eigenvalue weighted by Crippen LogP contribution is -2.13. The van der Waals surface area contributed by atoms with E-state index in [0.29, 0.717) is 17.9 Å². The predicted octanol–water partition coefficient (Wildman–Crippen LogP) is 2.50. The second-order valence-corrected chi connectivity index (χ2v) is 4.59. The van der Waals surface area contributed by atoms with E-state index in [1.54, 1.807) is 12.1 Å². The van der Waals surface area contributed by atoms with Crippen molar-refractivity contribution < 1.29 is 19.1 Å². The second-order valence-electron chi connectivity index (χ2n) is 4.59. The SMILES string of the molecule is COC(=O)c1cc(C2=CCCO2)c(C)cc1NC(C)=O. The van der Waals surface area contributed by atoms with Crippen molar-refractivity contribution in [1.82, 2.24) is 0 Å². The third-order valence-corrected chi connectivity index (χ3v) is 3.05. The van der Waals surface area contributed by atoms with Crippen LogP contribution in [-0.2, 0) is 14.3 Å². The van der Waals surface area contributed by atoms with Crippen LogP contribution >= 0.6 is 0 Å². The zero-order valence-electron chi connectivity index (χ0n) is 11.8. The molecule has 0 atom stereocenters. The first-order valence-electron chi connectivity index (χ1n) is 6.37. The lowest BCUT2D eigenvalue weighted by Gasteiger charge is -2.14. The molecule has 0 saturated carbocycles. The first-order valence-corrected chi connectivity index (χ1v) is 6.37. The molecular weight excluding hydrogens is 258 g/mol. The molecule has 0 aromatic heterocycles. The normalized spacial score (nSPS) is 13.4. The highest BCUT2D eigenvalue weighted by molar-refractivity contribution is 6.01. The highest BCUT2D eigenvalue weighted by Gasteiger charge is 2.19. The minimum atomic E-state index is -0.492. The van der Waals surface area contributed by atoms with Crippen molar-refractivity contribution in [3.05, 3.63) is 34.9 Å². The summed E-state index contributed by atoms with van der Waals surface area (Å²) in [6, 6.07) is 3.45. The number of rotatable bonds is 3. The molecule has 0 radical (unpaired) electrons. The van der Waals surface area contributed by atoms with Crippen LogP contribution in [0.15, 0.2) is 18.2 Å². The Morgan fingerprint density at radius 1 is 1.35 bits per heavy atom. The molecule has 1 amide bonds. The lowest BCUT2D eigenvalue weighted by molar-refractivity contribution is -0.114. The van der Waals surface area contributed by atoms with Gasteiger partial charge in [-0.15, -0.1) is 0 Å². The molecule has 1 aromatic rings. The number of anilines is 1. The van der Waals surface area contributed by atoms with Crippen LogP contribution in [0.3, 0.4) is 0 Å². The molecule has 5 nitrogen and oxygen atoms in total. The Morgan fingerprint density at radius 3 is 2.65 bits per heavy atom. The van der Waals surface area contributed by atoms with Crippen molar-refractivity contribution in [3.8, 4) is 0 Å². The van der Waals surface area contributed by atoms with Gasteiger partial charge >= 0.3 is 5.97 Å². The molecule has 106 valence electrons. The Morgan fingerprint density at radius 2 is 2.10 bits per heavy atom. The summed E-state index contributed by atoms with van der Waals surface area (Å²) in [7, 11) is 1.31. The molecule has 0 bridgehead atoms. The fourth-order valence-electron chi connectivity index (χ4n) is 2.15. The number of hydrogen-bond acceptors (Lipinski definition) is 4. The second kappa shape index (κ2) is 5.77. The molecule has 0 unspecified atom stereocenters. The third kappa shape index (κ3) is 2.82. The fourth-order valence-corrected chi connectivity index (χ4v) is 2.15. The summed E-state index contributed by atoms with van der Waals surface area (Å²) < 4.78 is 10.3. The number of esters is 1. The van der Waals surface area contributed by atoms with Gasteiger partial charge in [-0.2, -0.15) is 0 Å². The maximum atomic E-state index is 11.9. The van der Waals surface area contributed by atoms with Gasteiger partial charge < -0.3 is 14.8 Å². The standard InChI is InChI=1S/C15H17NO4/c1-9-7-13(16-10(2)17)12(15(18)19-3)8-11(9)14-5-4-6-20-14/h5,7-8H,4,6H2,1-3H3,(H,16,17). The van der Waals surface area contributed by atoms with Gasteiger partial charge in [-0.05, 0) is 30.7 Å². The maximum Gasteiger partial charge on any atom is 0.339 e. The Kier molecular flexibility index (Phi) is 4.08. The van der Waals surface area contributed by atoms with Crippen LogP contribution in [0.1, 0.15) is 34.8 Å². The van der Waals surface area contributed by atoms with Crippen molar-refractivity contribution in [2.24, 2.45) is 0 Å². The highest BCUT2D eigenvalue weighted by atomic mass is 16.5. The lowest BCUT2D eigenvalue weighted by atomic mass is 10.0. The number of carbonyl (C=O) groups is 2. The molecule has 20 heavy (non-hydrogen) atoms. The van der Waals surface area contributed by atoms with Gasteiger partial charge in [-0.25, -0.2) is 4.79 Å². The van der Waals surface area contributed by atoms with E-state index in [0.717, 1.165) is 23.3 Å². The van der Waals surface area contributed by atoms with E-state index >= 15 is 0 Å². The number of hydrogen-bond donors (Lipinski definition) is 1. The van der Waals surface area contributed by atoms with E-state index in [9.17, 15) is 9.59 Å². The number of aryl methyl sites for hydroxylation is 1. The molecule has 1 aliphatic rings. The van der Waals surface area contributed by atoms with Crippen molar-refractivity contribution in [2.75, 3.05) is 19.0 Å². The van der Waals surface area contributed by atoms with Gasteiger partial charge in [0.1, 0.15) is 5.76 Å².